The van der Waals surface area contributed by atoms with Gasteiger partial charge in [0.1, 0.15) is 5.69 Å². The maximum atomic E-state index is 12.5. The Morgan fingerprint density at radius 2 is 2.11 bits per heavy atom. The van der Waals surface area contributed by atoms with Crippen molar-refractivity contribution >= 4 is 35.1 Å². The number of halogens is 1. The molecule has 0 unspecified atom stereocenters. The lowest BCUT2D eigenvalue weighted by atomic mass is 9.89. The van der Waals surface area contributed by atoms with E-state index >= 15 is 0 Å². The second-order valence-electron chi connectivity index (χ2n) is 6.29. The maximum absolute atomic E-state index is 12.5. The van der Waals surface area contributed by atoms with E-state index in [4.69, 9.17) is 17.3 Å². The molecule has 2 amide bonds. The van der Waals surface area contributed by atoms with Crippen LogP contribution in [0.1, 0.15) is 35.4 Å². The van der Waals surface area contributed by atoms with Gasteiger partial charge in [-0.3, -0.25) is 14.5 Å². The Kier molecular flexibility index (Phi) is 5.41. The van der Waals surface area contributed by atoms with E-state index < -0.39 is 0 Å². The smallest absolute Gasteiger partial charge is 0.274 e. The molecule has 2 aromatic rings. The van der Waals surface area contributed by atoms with Gasteiger partial charge in [0.2, 0.25) is 5.91 Å². The summed E-state index contributed by atoms with van der Waals surface area (Å²) in [5.41, 5.74) is 7.54. The Bertz CT molecular complexity index is 897. The third-order valence-electron chi connectivity index (χ3n) is 4.53. The highest BCUT2D eigenvalue weighted by atomic mass is 35.5. The quantitative estimate of drug-likeness (QED) is 0.844. The predicted octanol–water partition coefficient (Wildman–Crippen LogP) is 2.84. The highest BCUT2D eigenvalue weighted by Gasteiger charge is 2.35. The van der Waals surface area contributed by atoms with Crippen LogP contribution in [0.4, 0.5) is 5.69 Å². The molecular formula is C19H20ClN5O2. The van der Waals surface area contributed by atoms with Gasteiger partial charge in [0.05, 0.1) is 17.0 Å². The molecule has 1 aromatic carbocycles. The van der Waals surface area contributed by atoms with Crippen LogP contribution in [0.5, 0.6) is 0 Å². The number of anilines is 1. The first-order valence-corrected chi connectivity index (χ1v) is 8.92. The van der Waals surface area contributed by atoms with Crippen molar-refractivity contribution in [1.29, 1.82) is 0 Å². The van der Waals surface area contributed by atoms with Crippen LogP contribution < -0.4 is 11.1 Å². The van der Waals surface area contributed by atoms with Crippen LogP contribution in [0.3, 0.4) is 0 Å². The predicted molar refractivity (Wildman–Crippen MR) is 105 cm³/mol. The summed E-state index contributed by atoms with van der Waals surface area (Å²) in [5, 5.41) is 3.26. The van der Waals surface area contributed by atoms with Crippen LogP contribution in [0.2, 0.25) is 5.02 Å². The molecule has 140 valence electrons. The summed E-state index contributed by atoms with van der Waals surface area (Å²) in [6, 6.07) is 10.0. The molecule has 1 aliphatic heterocycles. The molecule has 3 N–H and O–H groups in total. The van der Waals surface area contributed by atoms with E-state index in [2.05, 4.69) is 15.3 Å². The van der Waals surface area contributed by atoms with Crippen molar-refractivity contribution in [2.24, 2.45) is 16.6 Å². The number of amides is 2. The maximum Gasteiger partial charge on any atom is 0.274 e. The second kappa shape index (κ2) is 7.75. The summed E-state index contributed by atoms with van der Waals surface area (Å²) >= 11 is 5.80. The first-order chi connectivity index (χ1) is 12.9. The van der Waals surface area contributed by atoms with Crippen molar-refractivity contribution in [3.8, 4) is 0 Å². The Labute approximate surface area is 162 Å². The molecule has 2 heterocycles. The average Bonchev–Trinajstić information content (AvgIpc) is 2.66. The summed E-state index contributed by atoms with van der Waals surface area (Å²) in [7, 11) is 1.62. The van der Waals surface area contributed by atoms with Gasteiger partial charge in [-0.25, -0.2) is 9.98 Å². The monoisotopic (exact) mass is 385 g/mol. The SMILES string of the molecule is CC[C@H]1C(=O)N(C)C(N)=N[C@@H]1c1cccc(NC(=O)c2ccc(Cl)cn2)c1. The van der Waals surface area contributed by atoms with Crippen LogP contribution >= 0.6 is 11.6 Å². The van der Waals surface area contributed by atoms with Crippen LogP contribution in [0.15, 0.2) is 47.6 Å². The number of benzene rings is 1. The first-order valence-electron chi connectivity index (χ1n) is 8.54. The third-order valence-corrected chi connectivity index (χ3v) is 4.75. The summed E-state index contributed by atoms with van der Waals surface area (Å²) in [4.78, 5) is 34.7. The molecule has 1 aromatic heterocycles. The van der Waals surface area contributed by atoms with Crippen LogP contribution in [0.25, 0.3) is 0 Å². The van der Waals surface area contributed by atoms with Crippen LogP contribution in [0, 0.1) is 5.92 Å². The van der Waals surface area contributed by atoms with Gasteiger partial charge >= 0.3 is 0 Å². The summed E-state index contributed by atoms with van der Waals surface area (Å²) < 4.78 is 0. The van der Waals surface area contributed by atoms with E-state index in [9.17, 15) is 9.59 Å². The molecule has 27 heavy (non-hydrogen) atoms. The minimum absolute atomic E-state index is 0.0604. The summed E-state index contributed by atoms with van der Waals surface area (Å²) in [6.45, 7) is 1.94. The van der Waals surface area contributed by atoms with E-state index in [0.29, 0.717) is 17.1 Å². The molecule has 8 heteroatoms. The Hall–Kier alpha value is -2.93. The number of rotatable bonds is 4. The fourth-order valence-electron chi connectivity index (χ4n) is 3.03. The lowest BCUT2D eigenvalue weighted by Crippen LogP contribution is -2.47. The van der Waals surface area contributed by atoms with Gasteiger partial charge in [-0.05, 0) is 36.2 Å². The number of aromatic nitrogens is 1. The largest absolute Gasteiger partial charge is 0.369 e. The number of guanidine groups is 1. The van der Waals surface area contributed by atoms with Gasteiger partial charge in [-0.2, -0.15) is 0 Å². The average molecular weight is 386 g/mol. The van der Waals surface area contributed by atoms with Crippen molar-refractivity contribution in [3.63, 3.8) is 0 Å². The van der Waals surface area contributed by atoms with Gasteiger partial charge in [-0.1, -0.05) is 30.7 Å². The van der Waals surface area contributed by atoms with E-state index in [-0.39, 0.29) is 35.4 Å². The Morgan fingerprint density at radius 3 is 2.78 bits per heavy atom. The fraction of sp³-hybridized carbons (Fsp3) is 0.263. The van der Waals surface area contributed by atoms with Crippen LogP contribution in [-0.4, -0.2) is 34.7 Å². The van der Waals surface area contributed by atoms with Gasteiger partial charge in [0, 0.05) is 18.9 Å². The molecule has 0 fully saturated rings. The van der Waals surface area contributed by atoms with Gasteiger partial charge in [0.25, 0.3) is 5.91 Å². The lowest BCUT2D eigenvalue weighted by Gasteiger charge is -2.32. The number of aliphatic imine (C=N–C) groups is 1. The molecular weight excluding hydrogens is 366 g/mol. The van der Waals surface area contributed by atoms with E-state index in [0.717, 1.165) is 5.56 Å². The normalized spacial score (nSPS) is 19.6. The zero-order valence-electron chi connectivity index (χ0n) is 15.0. The molecule has 0 spiro atoms. The van der Waals surface area contributed by atoms with E-state index in [1.54, 1.807) is 31.3 Å². The van der Waals surface area contributed by atoms with Crippen molar-refractivity contribution in [2.75, 3.05) is 12.4 Å². The number of hydrogen-bond acceptors (Lipinski definition) is 5. The molecule has 0 saturated heterocycles. The molecule has 0 saturated carbocycles. The van der Waals surface area contributed by atoms with Crippen molar-refractivity contribution in [3.05, 3.63) is 58.9 Å². The zero-order chi connectivity index (χ0) is 19.6. The molecule has 0 bridgehead atoms. The first kappa shape index (κ1) is 18.8. The standard InChI is InChI=1S/C19H20ClN5O2/c1-3-14-16(24-19(21)25(2)18(14)27)11-5-4-6-13(9-11)23-17(26)15-8-7-12(20)10-22-15/h4-10,14,16H,3H2,1-2H3,(H2,21,24)(H,23,26)/t14-,16-/m1/s1. The molecule has 0 radical (unpaired) electrons. The minimum Gasteiger partial charge on any atom is -0.369 e. The van der Waals surface area contributed by atoms with E-state index in [1.165, 1.54) is 11.1 Å². The zero-order valence-corrected chi connectivity index (χ0v) is 15.8. The lowest BCUT2D eigenvalue weighted by molar-refractivity contribution is -0.132. The van der Waals surface area contributed by atoms with Gasteiger partial charge in [-0.15, -0.1) is 0 Å². The van der Waals surface area contributed by atoms with Crippen molar-refractivity contribution in [2.45, 2.75) is 19.4 Å². The molecule has 3 rings (SSSR count). The molecule has 7 nitrogen and oxygen atoms in total. The Morgan fingerprint density at radius 1 is 1.33 bits per heavy atom. The molecule has 1 aliphatic rings. The van der Waals surface area contributed by atoms with Gasteiger partial charge < -0.3 is 11.1 Å². The van der Waals surface area contributed by atoms with Crippen molar-refractivity contribution < 1.29 is 9.59 Å². The number of pyridine rings is 1. The number of carbonyl (C=O) groups excluding carboxylic acids is 2. The topological polar surface area (TPSA) is 101 Å². The number of carbonyl (C=O) groups is 2. The highest BCUT2D eigenvalue weighted by molar-refractivity contribution is 6.30. The van der Waals surface area contributed by atoms with Gasteiger partial charge in [0.15, 0.2) is 5.96 Å². The number of hydrogen-bond donors (Lipinski definition) is 2. The van der Waals surface area contributed by atoms with E-state index in [1.807, 2.05) is 19.1 Å². The minimum atomic E-state index is -0.385. The fourth-order valence-corrected chi connectivity index (χ4v) is 3.14. The number of nitrogens with one attached hydrogen (secondary N) is 1. The molecule has 2 atom stereocenters. The number of nitrogens with two attached hydrogens (primary N) is 1. The Balaban J connectivity index is 1.85. The summed E-state index contributed by atoms with van der Waals surface area (Å²) in [6.07, 6.45) is 2.05. The van der Waals surface area contributed by atoms with Crippen molar-refractivity contribution in [1.82, 2.24) is 9.88 Å². The van der Waals surface area contributed by atoms with Crippen LogP contribution in [-0.2, 0) is 4.79 Å². The highest BCUT2D eigenvalue weighted by Crippen LogP contribution is 2.34. The second-order valence-corrected chi connectivity index (χ2v) is 6.72. The summed E-state index contributed by atoms with van der Waals surface area (Å²) in [5.74, 6) is -0.520. The third kappa shape index (κ3) is 3.93. The molecule has 0 aliphatic carbocycles. The number of nitrogens with zero attached hydrogens (tertiary/aromatic N) is 3.